The molecule has 0 aliphatic carbocycles. The molecule has 0 saturated heterocycles. The van der Waals surface area contributed by atoms with Crippen LogP contribution in [0, 0.1) is 6.92 Å². The molecule has 0 atom stereocenters. The molecule has 7 nitrogen and oxygen atoms in total. The van der Waals surface area contributed by atoms with Crippen LogP contribution in [0.1, 0.15) is 21.5 Å². The second-order valence-electron chi connectivity index (χ2n) is 5.62. The number of anilines is 2. The van der Waals surface area contributed by atoms with Gasteiger partial charge in [0.05, 0.1) is 0 Å². The first-order valence-corrected chi connectivity index (χ1v) is 8.06. The summed E-state index contributed by atoms with van der Waals surface area (Å²) in [5.74, 6) is -0.187. The summed E-state index contributed by atoms with van der Waals surface area (Å²) in [6.45, 7) is 1.87. The van der Waals surface area contributed by atoms with Gasteiger partial charge in [-0.15, -0.1) is 0 Å². The number of aliphatic imine (C=N–C) groups is 1. The van der Waals surface area contributed by atoms with Gasteiger partial charge < -0.3 is 16.2 Å². The Morgan fingerprint density at radius 3 is 2.85 bits per heavy atom. The van der Waals surface area contributed by atoms with Gasteiger partial charge in [-0.3, -0.25) is 9.89 Å². The molecular formula is C18H16ClN5O2. The number of carbonyl (C=O) groups is 1. The van der Waals surface area contributed by atoms with E-state index >= 15 is 0 Å². The largest absolute Gasteiger partial charge is 0.507 e. The zero-order valence-corrected chi connectivity index (χ0v) is 14.6. The number of phenolic OH excluding ortho intramolecular Hbond substituents is 1. The SMILES string of the molecule is Cc1ccc(C=Nc2n[nH]c(Nc3cccc(Cl)c3)c2C(N)=O)c(O)c1. The maximum Gasteiger partial charge on any atom is 0.256 e. The maximum absolute atomic E-state index is 11.9. The highest BCUT2D eigenvalue weighted by atomic mass is 35.5. The second kappa shape index (κ2) is 7.28. The molecule has 8 heteroatoms. The lowest BCUT2D eigenvalue weighted by Crippen LogP contribution is -2.12. The van der Waals surface area contributed by atoms with Crippen LogP contribution in [0.4, 0.5) is 17.3 Å². The molecule has 1 heterocycles. The third kappa shape index (κ3) is 3.84. The van der Waals surface area contributed by atoms with E-state index in [9.17, 15) is 9.90 Å². The fourth-order valence-electron chi connectivity index (χ4n) is 2.35. The predicted molar refractivity (Wildman–Crippen MR) is 102 cm³/mol. The minimum absolute atomic E-state index is 0.0854. The lowest BCUT2D eigenvalue weighted by Gasteiger charge is -2.05. The van der Waals surface area contributed by atoms with E-state index < -0.39 is 5.91 Å². The first kappa shape index (κ1) is 17.5. The Balaban J connectivity index is 1.92. The lowest BCUT2D eigenvalue weighted by atomic mass is 10.1. The Morgan fingerprint density at radius 2 is 2.15 bits per heavy atom. The number of primary amides is 1. The topological polar surface area (TPSA) is 116 Å². The van der Waals surface area contributed by atoms with Crippen LogP contribution in [0.25, 0.3) is 0 Å². The molecule has 2 aromatic carbocycles. The number of phenols is 1. The van der Waals surface area contributed by atoms with Crippen molar-refractivity contribution in [1.82, 2.24) is 10.2 Å². The minimum atomic E-state index is -0.691. The molecule has 26 heavy (non-hydrogen) atoms. The number of nitrogens with one attached hydrogen (secondary N) is 2. The summed E-state index contributed by atoms with van der Waals surface area (Å²) in [5.41, 5.74) is 7.66. The third-order valence-corrected chi connectivity index (χ3v) is 3.83. The summed E-state index contributed by atoms with van der Waals surface area (Å²) < 4.78 is 0. The minimum Gasteiger partial charge on any atom is -0.507 e. The lowest BCUT2D eigenvalue weighted by molar-refractivity contribution is 0.100. The number of rotatable bonds is 5. The summed E-state index contributed by atoms with van der Waals surface area (Å²) in [6, 6.07) is 12.2. The monoisotopic (exact) mass is 369 g/mol. The first-order chi connectivity index (χ1) is 12.4. The van der Waals surface area contributed by atoms with Crippen molar-refractivity contribution in [2.75, 3.05) is 5.32 Å². The molecule has 1 aromatic heterocycles. The van der Waals surface area contributed by atoms with Gasteiger partial charge in [-0.25, -0.2) is 4.99 Å². The molecule has 1 amide bonds. The van der Waals surface area contributed by atoms with Crippen LogP contribution in [-0.2, 0) is 0 Å². The average molecular weight is 370 g/mol. The summed E-state index contributed by atoms with van der Waals surface area (Å²) in [6.07, 6.45) is 1.42. The highest BCUT2D eigenvalue weighted by Crippen LogP contribution is 2.27. The van der Waals surface area contributed by atoms with Crippen LogP contribution in [0.3, 0.4) is 0 Å². The normalized spacial score (nSPS) is 11.0. The number of hydrogen-bond donors (Lipinski definition) is 4. The Bertz CT molecular complexity index is 997. The maximum atomic E-state index is 11.9. The summed E-state index contributed by atoms with van der Waals surface area (Å²) in [5, 5.41) is 20.2. The zero-order chi connectivity index (χ0) is 18.7. The Hall–Kier alpha value is -3.32. The van der Waals surface area contributed by atoms with Crippen molar-refractivity contribution in [2.24, 2.45) is 10.7 Å². The molecule has 132 valence electrons. The number of amides is 1. The van der Waals surface area contributed by atoms with E-state index in [-0.39, 0.29) is 17.1 Å². The van der Waals surface area contributed by atoms with Crippen LogP contribution in [-0.4, -0.2) is 27.4 Å². The number of nitrogens with two attached hydrogens (primary N) is 1. The molecule has 0 radical (unpaired) electrons. The number of H-pyrrole nitrogens is 1. The molecule has 0 spiro atoms. The number of aryl methyl sites for hydroxylation is 1. The van der Waals surface area contributed by atoms with Gasteiger partial charge in [0.2, 0.25) is 0 Å². The van der Waals surface area contributed by atoms with Crippen LogP contribution < -0.4 is 11.1 Å². The molecule has 3 rings (SSSR count). The van der Waals surface area contributed by atoms with E-state index in [1.165, 1.54) is 6.21 Å². The van der Waals surface area contributed by atoms with E-state index in [0.29, 0.717) is 22.1 Å². The molecule has 0 aliphatic rings. The summed E-state index contributed by atoms with van der Waals surface area (Å²) in [7, 11) is 0. The van der Waals surface area contributed by atoms with E-state index in [4.69, 9.17) is 17.3 Å². The standard InChI is InChI=1S/C18H16ClN5O2/c1-10-5-6-11(14(25)7-10)9-21-17-15(16(20)26)18(24-23-17)22-13-4-2-3-12(19)8-13/h2-9,25H,1H3,(H2,20,26)(H2,22,23,24). The van der Waals surface area contributed by atoms with Crippen molar-refractivity contribution in [3.8, 4) is 5.75 Å². The number of aromatic nitrogens is 2. The van der Waals surface area contributed by atoms with Crippen LogP contribution in [0.2, 0.25) is 5.02 Å². The van der Waals surface area contributed by atoms with Gasteiger partial charge in [-0.2, -0.15) is 5.10 Å². The second-order valence-corrected chi connectivity index (χ2v) is 6.05. The number of nitrogens with zero attached hydrogens (tertiary/aromatic N) is 2. The molecule has 5 N–H and O–H groups in total. The van der Waals surface area contributed by atoms with Crippen LogP contribution in [0.15, 0.2) is 47.5 Å². The smallest absolute Gasteiger partial charge is 0.256 e. The number of aromatic hydroxyl groups is 1. The van der Waals surface area contributed by atoms with Crippen molar-refractivity contribution in [3.63, 3.8) is 0 Å². The highest BCUT2D eigenvalue weighted by Gasteiger charge is 2.18. The van der Waals surface area contributed by atoms with Gasteiger partial charge in [-0.1, -0.05) is 23.7 Å². The Morgan fingerprint density at radius 1 is 1.35 bits per heavy atom. The van der Waals surface area contributed by atoms with E-state index in [2.05, 4.69) is 20.5 Å². The predicted octanol–water partition coefficient (Wildman–Crippen LogP) is 3.67. The molecule has 0 saturated carbocycles. The van der Waals surface area contributed by atoms with Crippen molar-refractivity contribution < 1.29 is 9.90 Å². The van der Waals surface area contributed by atoms with Gasteiger partial charge in [0.1, 0.15) is 17.1 Å². The molecule has 0 aliphatic heterocycles. The third-order valence-electron chi connectivity index (χ3n) is 3.60. The number of carbonyl (C=O) groups excluding carboxylic acids is 1. The fraction of sp³-hybridized carbons (Fsp3) is 0.0556. The molecule has 3 aromatic rings. The van der Waals surface area contributed by atoms with Gasteiger partial charge in [-0.05, 0) is 42.8 Å². The van der Waals surface area contributed by atoms with E-state index in [0.717, 1.165) is 5.56 Å². The number of hydrogen-bond acceptors (Lipinski definition) is 5. The van der Waals surface area contributed by atoms with Crippen molar-refractivity contribution in [1.29, 1.82) is 0 Å². The number of aromatic amines is 1. The van der Waals surface area contributed by atoms with E-state index in [1.54, 1.807) is 36.4 Å². The quantitative estimate of drug-likeness (QED) is 0.513. The van der Waals surface area contributed by atoms with Crippen molar-refractivity contribution in [3.05, 3.63) is 64.2 Å². The van der Waals surface area contributed by atoms with Gasteiger partial charge in [0, 0.05) is 22.5 Å². The first-order valence-electron chi connectivity index (χ1n) is 7.68. The number of halogens is 1. The number of benzene rings is 2. The van der Waals surface area contributed by atoms with Crippen molar-refractivity contribution in [2.45, 2.75) is 6.92 Å². The Labute approximate surface area is 154 Å². The summed E-state index contributed by atoms with van der Waals surface area (Å²) in [4.78, 5) is 16.0. The van der Waals surface area contributed by atoms with Crippen LogP contribution in [0.5, 0.6) is 5.75 Å². The molecule has 0 bridgehead atoms. The Kier molecular flexibility index (Phi) is 4.90. The molecular weight excluding hydrogens is 354 g/mol. The van der Waals surface area contributed by atoms with Gasteiger partial charge in [0.15, 0.2) is 5.82 Å². The van der Waals surface area contributed by atoms with E-state index in [1.807, 2.05) is 13.0 Å². The van der Waals surface area contributed by atoms with Crippen LogP contribution >= 0.6 is 11.6 Å². The highest BCUT2D eigenvalue weighted by molar-refractivity contribution is 6.30. The average Bonchev–Trinajstić information content (AvgIpc) is 2.97. The zero-order valence-electron chi connectivity index (χ0n) is 13.8. The molecule has 0 unspecified atom stereocenters. The van der Waals surface area contributed by atoms with Gasteiger partial charge >= 0.3 is 0 Å². The summed E-state index contributed by atoms with van der Waals surface area (Å²) >= 11 is 5.96. The fourth-order valence-corrected chi connectivity index (χ4v) is 2.54. The van der Waals surface area contributed by atoms with Crippen molar-refractivity contribution >= 4 is 41.0 Å². The van der Waals surface area contributed by atoms with Gasteiger partial charge in [0.25, 0.3) is 5.91 Å². The molecule has 0 fully saturated rings.